The van der Waals surface area contributed by atoms with Crippen LogP contribution in [-0.4, -0.2) is 10.8 Å². The van der Waals surface area contributed by atoms with Gasteiger partial charge in [0.05, 0.1) is 11.8 Å². The van der Waals surface area contributed by atoms with E-state index in [-0.39, 0.29) is 5.78 Å². The molecule has 0 radical (unpaired) electrons. The van der Waals surface area contributed by atoms with Crippen molar-refractivity contribution in [3.8, 4) is 6.07 Å². The van der Waals surface area contributed by atoms with Crippen molar-refractivity contribution < 1.29 is 4.79 Å². The number of hydrogen-bond acceptors (Lipinski definition) is 3. The summed E-state index contributed by atoms with van der Waals surface area (Å²) in [6.45, 7) is 1.92. The van der Waals surface area contributed by atoms with Crippen molar-refractivity contribution in [2.75, 3.05) is 0 Å². The molecule has 0 atom stereocenters. The predicted octanol–water partition coefficient (Wildman–Crippen LogP) is 1.51. The predicted molar refractivity (Wildman–Crippen MR) is 50.5 cm³/mol. The first-order valence-corrected chi connectivity index (χ1v) is 4.53. The lowest BCUT2D eigenvalue weighted by molar-refractivity contribution is -0.126. The molecule has 3 nitrogen and oxygen atoms in total. The van der Waals surface area contributed by atoms with Gasteiger partial charge in [-0.25, -0.2) is 0 Å². The Hall–Kier alpha value is -1.69. The molecule has 0 unspecified atom stereocenters. The van der Waals surface area contributed by atoms with E-state index in [0.29, 0.717) is 12.8 Å². The first kappa shape index (κ1) is 8.89. The van der Waals surface area contributed by atoms with Gasteiger partial charge in [-0.15, -0.1) is 0 Å². The maximum atomic E-state index is 11.0. The zero-order valence-corrected chi connectivity index (χ0v) is 7.95. The molecule has 0 N–H and O–H groups in total. The van der Waals surface area contributed by atoms with Crippen LogP contribution in [0.15, 0.2) is 18.3 Å². The zero-order chi connectivity index (χ0) is 10.2. The number of carbonyl (C=O) groups is 1. The number of hydrogen-bond donors (Lipinski definition) is 0. The van der Waals surface area contributed by atoms with Gasteiger partial charge in [0, 0.05) is 19.0 Å². The molecular formula is C11H10N2O. The first-order valence-electron chi connectivity index (χ1n) is 4.53. The lowest BCUT2D eigenvalue weighted by atomic mass is 9.66. The Bertz CT molecular complexity index is 423. The average molecular weight is 186 g/mol. The quantitative estimate of drug-likeness (QED) is 0.668. The maximum Gasteiger partial charge on any atom is 0.136 e. The fourth-order valence-corrected chi connectivity index (χ4v) is 1.91. The molecule has 14 heavy (non-hydrogen) atoms. The van der Waals surface area contributed by atoms with Gasteiger partial charge in [-0.1, -0.05) is 6.07 Å². The largest absolute Gasteiger partial charge is 0.300 e. The van der Waals surface area contributed by atoms with Crippen LogP contribution in [-0.2, 0) is 10.2 Å². The number of rotatable bonds is 1. The van der Waals surface area contributed by atoms with Crippen molar-refractivity contribution in [1.82, 2.24) is 4.98 Å². The summed E-state index contributed by atoms with van der Waals surface area (Å²) in [5.74, 6) is 0.150. The van der Waals surface area contributed by atoms with Crippen LogP contribution >= 0.6 is 0 Å². The highest BCUT2D eigenvalue weighted by Crippen LogP contribution is 2.40. The van der Waals surface area contributed by atoms with Crippen LogP contribution in [0.5, 0.6) is 0 Å². The molecule has 1 saturated carbocycles. The molecule has 1 heterocycles. The molecule has 0 bridgehead atoms. The summed E-state index contributed by atoms with van der Waals surface area (Å²) in [5.41, 5.74) is 1.12. The van der Waals surface area contributed by atoms with Gasteiger partial charge in [-0.2, -0.15) is 5.26 Å². The second-order valence-electron chi connectivity index (χ2n) is 3.76. The SMILES string of the molecule is Cc1cccnc1C1(C#N)CC(=O)C1. The molecule has 70 valence electrons. The summed E-state index contributed by atoms with van der Waals surface area (Å²) in [6.07, 6.45) is 2.31. The molecule has 1 aromatic rings. The van der Waals surface area contributed by atoms with Gasteiger partial charge in [-0.3, -0.25) is 9.78 Å². The molecule has 1 fully saturated rings. The van der Waals surface area contributed by atoms with E-state index in [1.54, 1.807) is 6.20 Å². The Kier molecular flexibility index (Phi) is 1.85. The minimum absolute atomic E-state index is 0.150. The molecule has 3 heteroatoms. The standard InChI is InChI=1S/C11H10N2O/c1-8-3-2-4-13-10(8)11(7-12)5-9(14)6-11/h2-4H,5-6H2,1H3. The summed E-state index contributed by atoms with van der Waals surface area (Å²) in [7, 11) is 0. The van der Waals surface area contributed by atoms with Gasteiger partial charge >= 0.3 is 0 Å². The minimum Gasteiger partial charge on any atom is -0.300 e. The molecule has 0 aliphatic heterocycles. The lowest BCUT2D eigenvalue weighted by Gasteiger charge is -2.33. The van der Waals surface area contributed by atoms with E-state index >= 15 is 0 Å². The first-order chi connectivity index (χ1) is 6.68. The number of aryl methyl sites for hydroxylation is 1. The Morgan fingerprint density at radius 3 is 2.79 bits per heavy atom. The molecule has 2 rings (SSSR count). The molecule has 1 aliphatic carbocycles. The number of nitrogens with zero attached hydrogens (tertiary/aromatic N) is 2. The monoisotopic (exact) mass is 186 g/mol. The second-order valence-corrected chi connectivity index (χ2v) is 3.76. The molecule has 0 spiro atoms. The number of aromatic nitrogens is 1. The van der Waals surface area contributed by atoms with E-state index in [1.165, 1.54) is 0 Å². The van der Waals surface area contributed by atoms with Crippen LogP contribution in [0.2, 0.25) is 0 Å². The Morgan fingerprint density at radius 1 is 1.57 bits per heavy atom. The van der Waals surface area contributed by atoms with Crippen LogP contribution < -0.4 is 0 Å². The molecule has 1 aliphatic rings. The Morgan fingerprint density at radius 2 is 2.29 bits per heavy atom. The van der Waals surface area contributed by atoms with Gasteiger partial charge in [-0.05, 0) is 18.6 Å². The number of nitriles is 1. The summed E-state index contributed by atoms with van der Waals surface area (Å²) >= 11 is 0. The van der Waals surface area contributed by atoms with E-state index in [0.717, 1.165) is 11.3 Å². The van der Waals surface area contributed by atoms with Gasteiger partial charge in [0.1, 0.15) is 11.2 Å². The topological polar surface area (TPSA) is 53.8 Å². The molecular weight excluding hydrogens is 176 g/mol. The maximum absolute atomic E-state index is 11.0. The zero-order valence-electron chi connectivity index (χ0n) is 7.95. The van der Waals surface area contributed by atoms with Gasteiger partial charge < -0.3 is 0 Å². The van der Waals surface area contributed by atoms with Crippen molar-refractivity contribution in [3.05, 3.63) is 29.6 Å². The van der Waals surface area contributed by atoms with E-state index in [9.17, 15) is 4.79 Å². The van der Waals surface area contributed by atoms with Crippen LogP contribution in [0.3, 0.4) is 0 Å². The van der Waals surface area contributed by atoms with Crippen molar-refractivity contribution >= 4 is 5.78 Å². The molecule has 1 aromatic heterocycles. The van der Waals surface area contributed by atoms with E-state index in [2.05, 4.69) is 11.1 Å². The van der Waals surface area contributed by atoms with Gasteiger partial charge in [0.2, 0.25) is 0 Å². The summed E-state index contributed by atoms with van der Waals surface area (Å²) in [5, 5.41) is 9.09. The fourth-order valence-electron chi connectivity index (χ4n) is 1.91. The number of carbonyl (C=O) groups excluding carboxylic acids is 1. The highest BCUT2D eigenvalue weighted by molar-refractivity contribution is 5.90. The number of ketones is 1. The molecule has 0 aromatic carbocycles. The van der Waals surface area contributed by atoms with Gasteiger partial charge in [0.15, 0.2) is 0 Å². The van der Waals surface area contributed by atoms with E-state index < -0.39 is 5.41 Å². The summed E-state index contributed by atoms with van der Waals surface area (Å²) < 4.78 is 0. The van der Waals surface area contributed by atoms with Crippen LogP contribution in [0.4, 0.5) is 0 Å². The number of pyridine rings is 1. The van der Waals surface area contributed by atoms with Crippen molar-refractivity contribution in [1.29, 1.82) is 5.26 Å². The summed E-state index contributed by atoms with van der Waals surface area (Å²) in [6, 6.07) is 5.98. The molecule has 0 amide bonds. The highest BCUT2D eigenvalue weighted by atomic mass is 16.1. The summed E-state index contributed by atoms with van der Waals surface area (Å²) in [4.78, 5) is 15.2. The third-order valence-corrected chi connectivity index (χ3v) is 2.67. The van der Waals surface area contributed by atoms with E-state index in [4.69, 9.17) is 5.26 Å². The lowest BCUT2D eigenvalue weighted by Crippen LogP contribution is -2.41. The van der Waals surface area contributed by atoms with Crippen LogP contribution in [0.25, 0.3) is 0 Å². The minimum atomic E-state index is -0.636. The highest BCUT2D eigenvalue weighted by Gasteiger charge is 2.47. The number of Topliss-reactive ketones (excluding diaryl/α,β-unsaturated/α-hetero) is 1. The fraction of sp³-hybridized carbons (Fsp3) is 0.364. The third kappa shape index (κ3) is 1.12. The van der Waals surface area contributed by atoms with Gasteiger partial charge in [0.25, 0.3) is 0 Å². The van der Waals surface area contributed by atoms with Crippen LogP contribution in [0, 0.1) is 18.3 Å². The third-order valence-electron chi connectivity index (χ3n) is 2.67. The Labute approximate surface area is 82.4 Å². The average Bonchev–Trinajstić information content (AvgIpc) is 2.14. The van der Waals surface area contributed by atoms with Crippen LogP contribution in [0.1, 0.15) is 24.1 Å². The van der Waals surface area contributed by atoms with Crippen molar-refractivity contribution in [3.63, 3.8) is 0 Å². The van der Waals surface area contributed by atoms with Crippen molar-refractivity contribution in [2.24, 2.45) is 0 Å². The Balaban J connectivity index is 2.45. The van der Waals surface area contributed by atoms with E-state index in [1.807, 2.05) is 19.1 Å². The molecule has 0 saturated heterocycles. The smallest absolute Gasteiger partial charge is 0.136 e. The normalized spacial score (nSPS) is 18.4. The van der Waals surface area contributed by atoms with Crippen molar-refractivity contribution in [2.45, 2.75) is 25.2 Å². The second kappa shape index (κ2) is 2.91.